The number of aromatic nitrogens is 3. The molecule has 5 rings (SSSR count). The van der Waals surface area contributed by atoms with Gasteiger partial charge in [-0.15, -0.1) is 0 Å². The molecule has 7 nitrogen and oxygen atoms in total. The van der Waals surface area contributed by atoms with E-state index >= 15 is 0 Å². The zero-order chi connectivity index (χ0) is 20.3. The summed E-state index contributed by atoms with van der Waals surface area (Å²) in [4.78, 5) is 17.0. The number of amides is 1. The summed E-state index contributed by atoms with van der Waals surface area (Å²) >= 11 is 0. The number of nitrogens with one attached hydrogen (secondary N) is 2. The SMILES string of the molecule is O=C(Cc1ccc2c(c1)OCCCO2)Nc1n[nH]c2cccc(-c3cccnc3)c12. The molecule has 30 heavy (non-hydrogen) atoms. The van der Waals surface area contributed by atoms with Gasteiger partial charge in [0.1, 0.15) is 0 Å². The van der Waals surface area contributed by atoms with Crippen molar-refractivity contribution in [1.82, 2.24) is 15.2 Å². The highest BCUT2D eigenvalue weighted by molar-refractivity contribution is 6.06. The summed E-state index contributed by atoms with van der Waals surface area (Å²) < 4.78 is 11.4. The third-order valence-electron chi connectivity index (χ3n) is 5.00. The zero-order valence-corrected chi connectivity index (χ0v) is 16.2. The minimum Gasteiger partial charge on any atom is -0.490 e. The molecule has 0 fully saturated rings. The van der Waals surface area contributed by atoms with Crippen LogP contribution in [0.3, 0.4) is 0 Å². The van der Waals surface area contributed by atoms with Crippen molar-refractivity contribution >= 4 is 22.6 Å². The molecule has 2 aromatic carbocycles. The average Bonchev–Trinajstić information content (AvgIpc) is 3.03. The lowest BCUT2D eigenvalue weighted by molar-refractivity contribution is -0.115. The van der Waals surface area contributed by atoms with Crippen LogP contribution in [0.25, 0.3) is 22.0 Å². The van der Waals surface area contributed by atoms with Crippen LogP contribution in [-0.4, -0.2) is 34.3 Å². The second-order valence-electron chi connectivity index (χ2n) is 7.10. The number of fused-ring (bicyclic) bond motifs is 2. The maximum atomic E-state index is 12.8. The first-order chi connectivity index (χ1) is 14.8. The lowest BCUT2D eigenvalue weighted by Gasteiger charge is -2.10. The fraction of sp³-hybridized carbons (Fsp3) is 0.174. The summed E-state index contributed by atoms with van der Waals surface area (Å²) in [6.07, 6.45) is 4.58. The van der Waals surface area contributed by atoms with Gasteiger partial charge in [0.05, 0.1) is 30.5 Å². The Hall–Kier alpha value is -3.87. The molecule has 1 aliphatic heterocycles. The number of ether oxygens (including phenoxy) is 2. The van der Waals surface area contributed by atoms with E-state index in [1.165, 1.54) is 0 Å². The van der Waals surface area contributed by atoms with Gasteiger partial charge >= 0.3 is 0 Å². The molecule has 150 valence electrons. The molecule has 1 aliphatic rings. The Morgan fingerprint density at radius 2 is 1.97 bits per heavy atom. The quantitative estimate of drug-likeness (QED) is 0.541. The molecule has 0 atom stereocenters. The average molecular weight is 400 g/mol. The molecule has 0 saturated heterocycles. The first-order valence-electron chi connectivity index (χ1n) is 9.84. The second kappa shape index (κ2) is 7.87. The molecule has 1 amide bonds. The lowest BCUT2D eigenvalue weighted by Crippen LogP contribution is -2.15. The Balaban J connectivity index is 1.40. The number of benzene rings is 2. The van der Waals surface area contributed by atoms with E-state index < -0.39 is 0 Å². The van der Waals surface area contributed by atoms with Crippen molar-refractivity contribution in [3.8, 4) is 22.6 Å². The van der Waals surface area contributed by atoms with Crippen LogP contribution in [-0.2, 0) is 11.2 Å². The van der Waals surface area contributed by atoms with Gasteiger partial charge in [0, 0.05) is 24.4 Å². The summed E-state index contributed by atoms with van der Waals surface area (Å²) in [5.41, 5.74) is 3.62. The van der Waals surface area contributed by atoms with E-state index in [-0.39, 0.29) is 12.3 Å². The van der Waals surface area contributed by atoms with Gasteiger partial charge in [-0.05, 0) is 35.4 Å². The number of nitrogens with zero attached hydrogens (tertiary/aromatic N) is 2. The minimum atomic E-state index is -0.154. The van der Waals surface area contributed by atoms with E-state index in [0.29, 0.717) is 24.8 Å². The zero-order valence-electron chi connectivity index (χ0n) is 16.2. The van der Waals surface area contributed by atoms with Gasteiger partial charge in [-0.2, -0.15) is 5.10 Å². The number of carbonyl (C=O) groups is 1. The van der Waals surface area contributed by atoms with Crippen LogP contribution in [0, 0.1) is 0 Å². The third kappa shape index (κ3) is 3.57. The minimum absolute atomic E-state index is 0.154. The van der Waals surface area contributed by atoms with Crippen molar-refractivity contribution in [2.24, 2.45) is 0 Å². The van der Waals surface area contributed by atoms with E-state index in [0.717, 1.165) is 39.8 Å². The van der Waals surface area contributed by atoms with E-state index in [2.05, 4.69) is 20.5 Å². The summed E-state index contributed by atoms with van der Waals surface area (Å²) in [5, 5.41) is 11.1. The van der Waals surface area contributed by atoms with E-state index in [4.69, 9.17) is 9.47 Å². The largest absolute Gasteiger partial charge is 0.490 e. The van der Waals surface area contributed by atoms with Gasteiger partial charge in [0.15, 0.2) is 17.3 Å². The highest BCUT2D eigenvalue weighted by Gasteiger charge is 2.16. The molecule has 7 heteroatoms. The monoisotopic (exact) mass is 400 g/mol. The van der Waals surface area contributed by atoms with Crippen molar-refractivity contribution in [3.05, 3.63) is 66.5 Å². The highest BCUT2D eigenvalue weighted by Crippen LogP contribution is 2.33. The molecule has 0 aliphatic carbocycles. The predicted molar refractivity (Wildman–Crippen MR) is 114 cm³/mol. The molecule has 4 aromatic rings. The number of aromatic amines is 1. The molecular formula is C23H20N4O3. The first-order valence-corrected chi connectivity index (χ1v) is 9.84. The Kier molecular flexibility index (Phi) is 4.77. The Morgan fingerprint density at radius 3 is 2.83 bits per heavy atom. The molecular weight excluding hydrogens is 380 g/mol. The summed E-state index contributed by atoms with van der Waals surface area (Å²) in [5.74, 6) is 1.75. The lowest BCUT2D eigenvalue weighted by atomic mass is 10.0. The van der Waals surface area contributed by atoms with Crippen molar-refractivity contribution in [3.63, 3.8) is 0 Å². The molecule has 0 unspecified atom stereocenters. The van der Waals surface area contributed by atoms with Crippen LogP contribution in [0.5, 0.6) is 11.5 Å². The van der Waals surface area contributed by atoms with Crippen LogP contribution >= 0.6 is 0 Å². The maximum absolute atomic E-state index is 12.8. The number of hydrogen-bond donors (Lipinski definition) is 2. The smallest absolute Gasteiger partial charge is 0.230 e. The van der Waals surface area contributed by atoms with Crippen LogP contribution in [0.2, 0.25) is 0 Å². The number of carbonyl (C=O) groups excluding carboxylic acids is 1. The van der Waals surface area contributed by atoms with Gasteiger partial charge in [-0.1, -0.05) is 24.3 Å². The van der Waals surface area contributed by atoms with Gasteiger partial charge in [-0.25, -0.2) is 0 Å². The molecule has 0 saturated carbocycles. The summed E-state index contributed by atoms with van der Waals surface area (Å²) in [7, 11) is 0. The Morgan fingerprint density at radius 1 is 1.07 bits per heavy atom. The van der Waals surface area contributed by atoms with Crippen LogP contribution in [0.1, 0.15) is 12.0 Å². The fourth-order valence-electron chi connectivity index (χ4n) is 3.61. The van der Waals surface area contributed by atoms with E-state index in [1.807, 2.05) is 48.5 Å². The first kappa shape index (κ1) is 18.2. The van der Waals surface area contributed by atoms with E-state index in [9.17, 15) is 4.79 Å². The van der Waals surface area contributed by atoms with Crippen molar-refractivity contribution in [2.45, 2.75) is 12.8 Å². The topological polar surface area (TPSA) is 89.1 Å². The maximum Gasteiger partial charge on any atom is 0.230 e. The second-order valence-corrected chi connectivity index (χ2v) is 7.10. The van der Waals surface area contributed by atoms with E-state index in [1.54, 1.807) is 12.4 Å². The standard InChI is InChI=1S/C23H20N4O3/c28-21(13-15-7-8-19-20(12-15)30-11-3-10-29-19)25-23-22-17(16-4-2-9-24-14-16)5-1-6-18(22)26-27-23/h1-2,4-9,12,14H,3,10-11,13H2,(H2,25,26,27,28). The Bertz CT molecular complexity index is 1200. The Labute approximate surface area is 173 Å². The molecule has 0 spiro atoms. The normalized spacial score (nSPS) is 13.1. The summed E-state index contributed by atoms with van der Waals surface area (Å²) in [6.45, 7) is 1.25. The molecule has 0 bridgehead atoms. The van der Waals surface area contributed by atoms with Gasteiger partial charge in [-0.3, -0.25) is 14.9 Å². The van der Waals surface area contributed by atoms with Gasteiger partial charge in [0.2, 0.25) is 5.91 Å². The van der Waals surface area contributed by atoms with Gasteiger partial charge in [0.25, 0.3) is 0 Å². The van der Waals surface area contributed by atoms with Gasteiger partial charge < -0.3 is 14.8 Å². The molecule has 2 aromatic heterocycles. The number of hydrogen-bond acceptors (Lipinski definition) is 5. The molecule has 3 heterocycles. The van der Waals surface area contributed by atoms with Crippen LogP contribution < -0.4 is 14.8 Å². The van der Waals surface area contributed by atoms with Crippen LogP contribution in [0.15, 0.2) is 60.9 Å². The predicted octanol–water partition coefficient (Wildman–Crippen LogP) is 3.97. The fourth-order valence-corrected chi connectivity index (χ4v) is 3.61. The van der Waals surface area contributed by atoms with Crippen molar-refractivity contribution in [2.75, 3.05) is 18.5 Å². The van der Waals surface area contributed by atoms with Crippen LogP contribution in [0.4, 0.5) is 5.82 Å². The highest BCUT2D eigenvalue weighted by atomic mass is 16.5. The number of anilines is 1. The molecule has 2 N–H and O–H groups in total. The summed E-state index contributed by atoms with van der Waals surface area (Å²) in [6, 6.07) is 15.4. The third-order valence-corrected chi connectivity index (χ3v) is 5.00. The number of H-pyrrole nitrogens is 1. The van der Waals surface area contributed by atoms with Crippen molar-refractivity contribution in [1.29, 1.82) is 0 Å². The number of pyridine rings is 1. The molecule has 0 radical (unpaired) electrons. The van der Waals surface area contributed by atoms with Crippen molar-refractivity contribution < 1.29 is 14.3 Å². The number of rotatable bonds is 4.